The van der Waals surface area contributed by atoms with E-state index < -0.39 is 5.97 Å². The van der Waals surface area contributed by atoms with Crippen molar-refractivity contribution in [1.82, 2.24) is 10.2 Å². The molecule has 3 rings (SSSR count). The van der Waals surface area contributed by atoms with Gasteiger partial charge in [-0.3, -0.25) is 0 Å². The van der Waals surface area contributed by atoms with E-state index in [0.717, 1.165) is 11.3 Å². The maximum atomic E-state index is 10.7. The van der Waals surface area contributed by atoms with E-state index in [4.69, 9.17) is 9.15 Å². The maximum Gasteiger partial charge on any atom is 0.277 e. The quantitative estimate of drug-likeness (QED) is 0.609. The van der Waals surface area contributed by atoms with Gasteiger partial charge in [0.15, 0.2) is 6.61 Å². The van der Waals surface area contributed by atoms with Gasteiger partial charge in [-0.1, -0.05) is 54.2 Å². The van der Waals surface area contributed by atoms with Crippen LogP contribution in [0.3, 0.4) is 0 Å². The summed E-state index contributed by atoms with van der Waals surface area (Å²) >= 11 is 1.37. The molecule has 3 aromatic rings. The molecule has 0 spiro atoms. The molecule has 0 amide bonds. The van der Waals surface area contributed by atoms with Gasteiger partial charge in [-0.15, -0.1) is 10.2 Å². The zero-order chi connectivity index (χ0) is 16.8. The van der Waals surface area contributed by atoms with Crippen molar-refractivity contribution in [3.8, 4) is 5.75 Å². The van der Waals surface area contributed by atoms with Crippen molar-refractivity contribution in [2.45, 2.75) is 17.6 Å². The topological polar surface area (TPSA) is 88.3 Å². The second-order valence-corrected chi connectivity index (χ2v) is 5.76. The molecule has 0 saturated heterocycles. The second kappa shape index (κ2) is 7.65. The lowest BCUT2D eigenvalue weighted by molar-refractivity contribution is -0.255. The largest absolute Gasteiger partial charge is 0.545 e. The normalized spacial score (nSPS) is 10.5. The van der Waals surface area contributed by atoms with Crippen LogP contribution >= 0.6 is 11.8 Å². The molecule has 0 radical (unpaired) electrons. The Morgan fingerprint density at radius 3 is 2.54 bits per heavy atom. The van der Waals surface area contributed by atoms with Crippen molar-refractivity contribution in [1.29, 1.82) is 0 Å². The minimum atomic E-state index is -1.19. The zero-order valence-electron chi connectivity index (χ0n) is 12.5. The molecule has 122 valence electrons. The van der Waals surface area contributed by atoms with E-state index in [1.54, 1.807) is 12.1 Å². The van der Waals surface area contributed by atoms with Gasteiger partial charge in [-0.2, -0.15) is 0 Å². The predicted octanol–water partition coefficient (Wildman–Crippen LogP) is 2.30. The lowest BCUT2D eigenvalue weighted by Gasteiger charge is -2.03. The number of aromatic carboxylic acids is 1. The van der Waals surface area contributed by atoms with E-state index in [1.165, 1.54) is 23.9 Å². The van der Waals surface area contributed by atoms with E-state index in [0.29, 0.717) is 16.9 Å². The van der Waals surface area contributed by atoms with Gasteiger partial charge in [0.1, 0.15) is 5.75 Å². The molecule has 7 heteroatoms. The molecule has 6 nitrogen and oxygen atoms in total. The summed E-state index contributed by atoms with van der Waals surface area (Å²) in [6.07, 6.45) is 0. The number of carboxylic acid groups (broad SMARTS) is 1. The van der Waals surface area contributed by atoms with Crippen molar-refractivity contribution in [2.75, 3.05) is 0 Å². The number of aromatic nitrogens is 2. The van der Waals surface area contributed by atoms with Crippen LogP contribution in [0.25, 0.3) is 0 Å². The molecule has 1 heterocycles. The molecule has 0 aliphatic rings. The van der Waals surface area contributed by atoms with Crippen LogP contribution in [0.2, 0.25) is 0 Å². The number of carbonyl (C=O) groups excluding carboxylic acids is 1. The maximum absolute atomic E-state index is 10.7. The Hall–Kier alpha value is -2.80. The first kappa shape index (κ1) is 16.1. The molecule has 2 aromatic carbocycles. The van der Waals surface area contributed by atoms with E-state index >= 15 is 0 Å². The highest BCUT2D eigenvalue weighted by Gasteiger charge is 2.08. The summed E-state index contributed by atoms with van der Waals surface area (Å²) in [4.78, 5) is 10.7. The molecule has 0 saturated carbocycles. The van der Waals surface area contributed by atoms with Crippen molar-refractivity contribution < 1.29 is 19.1 Å². The minimum absolute atomic E-state index is 0.155. The lowest BCUT2D eigenvalue weighted by Crippen LogP contribution is -2.21. The van der Waals surface area contributed by atoms with Gasteiger partial charge in [0.25, 0.3) is 11.1 Å². The highest BCUT2D eigenvalue weighted by molar-refractivity contribution is 7.98. The Morgan fingerprint density at radius 1 is 1.08 bits per heavy atom. The van der Waals surface area contributed by atoms with E-state index in [1.807, 2.05) is 30.3 Å². The van der Waals surface area contributed by atoms with Gasteiger partial charge in [0.05, 0.1) is 5.97 Å². The third-order valence-electron chi connectivity index (χ3n) is 3.11. The van der Waals surface area contributed by atoms with Crippen LogP contribution in [0.4, 0.5) is 0 Å². The van der Waals surface area contributed by atoms with Gasteiger partial charge >= 0.3 is 0 Å². The van der Waals surface area contributed by atoms with Crippen molar-refractivity contribution >= 4 is 17.7 Å². The summed E-state index contributed by atoms with van der Waals surface area (Å²) in [5.41, 5.74) is 1.10. The fourth-order valence-corrected chi connectivity index (χ4v) is 2.64. The van der Waals surface area contributed by atoms with Gasteiger partial charge < -0.3 is 19.1 Å². The van der Waals surface area contributed by atoms with Crippen LogP contribution < -0.4 is 9.84 Å². The summed E-state index contributed by atoms with van der Waals surface area (Å²) < 4.78 is 11.0. The number of nitrogens with zero attached hydrogens (tertiary/aromatic N) is 2. The third-order valence-corrected chi connectivity index (χ3v) is 4.00. The SMILES string of the molecule is O=C([O-])c1ccc(CSc2nnc(COc3ccccc3)o2)cc1. The molecule has 0 fully saturated rings. The number of carboxylic acids is 1. The molecule has 0 aliphatic carbocycles. The van der Waals surface area contributed by atoms with Crippen molar-refractivity contribution in [3.63, 3.8) is 0 Å². The fourth-order valence-electron chi connectivity index (χ4n) is 1.90. The number of rotatable bonds is 7. The highest BCUT2D eigenvalue weighted by Crippen LogP contribution is 2.22. The smallest absolute Gasteiger partial charge is 0.277 e. The molecular weight excluding hydrogens is 328 g/mol. The summed E-state index contributed by atoms with van der Waals surface area (Å²) in [6, 6.07) is 15.9. The second-order valence-electron chi connectivity index (χ2n) is 4.84. The standard InChI is InChI=1S/C17H14N2O4S/c20-16(21)13-8-6-12(7-9-13)11-24-17-19-18-15(23-17)10-22-14-4-2-1-3-5-14/h1-9H,10-11H2,(H,20,21)/p-1. The van der Waals surface area contributed by atoms with Crippen LogP contribution in [-0.2, 0) is 12.4 Å². The number of thioether (sulfide) groups is 1. The average molecular weight is 341 g/mol. The van der Waals surface area contributed by atoms with Gasteiger partial charge in [0.2, 0.25) is 0 Å². The summed E-state index contributed by atoms with van der Waals surface area (Å²) in [5, 5.41) is 19.0. The van der Waals surface area contributed by atoms with Crippen LogP contribution in [0, 0.1) is 0 Å². The number of para-hydroxylation sites is 1. The Morgan fingerprint density at radius 2 is 1.83 bits per heavy atom. The van der Waals surface area contributed by atoms with Gasteiger partial charge in [-0.05, 0) is 23.3 Å². The molecule has 1 aromatic heterocycles. The molecule has 24 heavy (non-hydrogen) atoms. The molecule has 0 atom stereocenters. The third kappa shape index (κ3) is 4.36. The summed E-state index contributed by atoms with van der Waals surface area (Å²) in [5.74, 6) is 0.537. The fraction of sp³-hybridized carbons (Fsp3) is 0.118. The molecular formula is C17H13N2O4S-. The van der Waals surface area contributed by atoms with Crippen LogP contribution in [0.15, 0.2) is 64.2 Å². The van der Waals surface area contributed by atoms with Crippen molar-refractivity contribution in [3.05, 3.63) is 71.6 Å². The summed E-state index contributed by atoms with van der Waals surface area (Å²) in [7, 11) is 0. The van der Waals surface area contributed by atoms with Crippen molar-refractivity contribution in [2.24, 2.45) is 0 Å². The monoisotopic (exact) mass is 341 g/mol. The van der Waals surface area contributed by atoms with Crippen LogP contribution in [-0.4, -0.2) is 16.2 Å². The number of benzene rings is 2. The van der Waals surface area contributed by atoms with Crippen LogP contribution in [0.1, 0.15) is 21.8 Å². The molecule has 0 aliphatic heterocycles. The van der Waals surface area contributed by atoms with E-state index in [2.05, 4.69) is 10.2 Å². The molecule has 0 N–H and O–H groups in total. The van der Waals surface area contributed by atoms with E-state index in [-0.39, 0.29) is 12.2 Å². The van der Waals surface area contributed by atoms with Gasteiger partial charge in [0, 0.05) is 5.75 Å². The summed E-state index contributed by atoms with van der Waals surface area (Å²) in [6.45, 7) is 0.206. The predicted molar refractivity (Wildman–Crippen MR) is 85.4 cm³/mol. The Kier molecular flexibility index (Phi) is 5.12. The first-order valence-corrected chi connectivity index (χ1v) is 8.12. The zero-order valence-corrected chi connectivity index (χ0v) is 13.4. The number of hydrogen-bond acceptors (Lipinski definition) is 7. The lowest BCUT2D eigenvalue weighted by atomic mass is 10.1. The Bertz CT molecular complexity index is 803. The van der Waals surface area contributed by atoms with E-state index in [9.17, 15) is 9.90 Å². The first-order valence-electron chi connectivity index (χ1n) is 7.14. The Balaban J connectivity index is 1.51. The number of ether oxygens (including phenoxy) is 1. The Labute approximate surface area is 142 Å². The first-order chi connectivity index (χ1) is 11.7. The number of carbonyl (C=O) groups is 1. The van der Waals surface area contributed by atoms with Crippen LogP contribution in [0.5, 0.6) is 5.75 Å². The highest BCUT2D eigenvalue weighted by atomic mass is 32.2. The average Bonchev–Trinajstić information content (AvgIpc) is 3.07. The molecule has 0 unspecified atom stereocenters. The molecule has 0 bridgehead atoms. The van der Waals surface area contributed by atoms with Gasteiger partial charge in [-0.25, -0.2) is 0 Å². The minimum Gasteiger partial charge on any atom is -0.545 e. The number of hydrogen-bond donors (Lipinski definition) is 0.